The van der Waals surface area contributed by atoms with Crippen molar-refractivity contribution in [2.24, 2.45) is 0 Å². The Morgan fingerprint density at radius 2 is 2.25 bits per heavy atom. The molecule has 1 aromatic rings. The molecule has 0 aliphatic heterocycles. The van der Waals surface area contributed by atoms with E-state index in [4.69, 9.17) is 4.74 Å². The summed E-state index contributed by atoms with van der Waals surface area (Å²) in [5.41, 5.74) is 0.818. The Hall–Kier alpha value is -1.43. The van der Waals surface area contributed by atoms with Gasteiger partial charge >= 0.3 is 5.97 Å². The molecule has 0 aromatic heterocycles. The van der Waals surface area contributed by atoms with E-state index in [9.17, 15) is 14.9 Å². The van der Waals surface area contributed by atoms with Crippen LogP contribution in [-0.4, -0.2) is 22.8 Å². The van der Waals surface area contributed by atoms with Crippen molar-refractivity contribution < 1.29 is 14.5 Å². The first-order chi connectivity index (χ1) is 7.63. The maximum Gasteiger partial charge on any atom is 0.338 e. The number of esters is 1. The highest BCUT2D eigenvalue weighted by Gasteiger charge is 2.09. The lowest BCUT2D eigenvalue weighted by atomic mass is 10.1. The van der Waals surface area contributed by atoms with Gasteiger partial charge in [-0.25, -0.2) is 4.79 Å². The van der Waals surface area contributed by atoms with Crippen LogP contribution >= 0.6 is 15.9 Å². The van der Waals surface area contributed by atoms with Crippen LogP contribution < -0.4 is 0 Å². The van der Waals surface area contributed by atoms with E-state index in [1.165, 1.54) is 6.07 Å². The zero-order valence-electron chi connectivity index (χ0n) is 8.39. The number of hydrogen-bond donors (Lipinski definition) is 0. The normalized spacial score (nSPS) is 9.81. The van der Waals surface area contributed by atoms with Gasteiger partial charge in [-0.1, -0.05) is 28.1 Å². The molecular formula is C10H10BrNO4. The lowest BCUT2D eigenvalue weighted by molar-refractivity contribution is -0.496. The van der Waals surface area contributed by atoms with Gasteiger partial charge in [0.2, 0.25) is 6.54 Å². The van der Waals surface area contributed by atoms with E-state index in [1.807, 2.05) is 0 Å². The summed E-state index contributed by atoms with van der Waals surface area (Å²) in [6.07, 6.45) is 0. The van der Waals surface area contributed by atoms with Crippen molar-refractivity contribution in [2.45, 2.75) is 6.54 Å². The zero-order chi connectivity index (χ0) is 12.0. The maximum atomic E-state index is 11.4. The van der Waals surface area contributed by atoms with E-state index in [1.54, 1.807) is 18.2 Å². The van der Waals surface area contributed by atoms with Crippen molar-refractivity contribution in [1.82, 2.24) is 0 Å². The Balaban J connectivity index is 2.73. The van der Waals surface area contributed by atoms with Crippen LogP contribution in [0.5, 0.6) is 0 Å². The SMILES string of the molecule is O=C(OCCBr)c1cccc(C[N+](=O)[O-])c1. The monoisotopic (exact) mass is 287 g/mol. The van der Waals surface area contributed by atoms with Crippen molar-refractivity contribution in [1.29, 1.82) is 0 Å². The van der Waals surface area contributed by atoms with Crippen molar-refractivity contribution in [3.05, 3.63) is 45.5 Å². The average molecular weight is 288 g/mol. The van der Waals surface area contributed by atoms with Gasteiger partial charge < -0.3 is 4.74 Å². The predicted octanol–water partition coefficient (Wildman–Crippen LogP) is 2.02. The van der Waals surface area contributed by atoms with E-state index >= 15 is 0 Å². The summed E-state index contributed by atoms with van der Waals surface area (Å²) < 4.78 is 4.88. The number of nitrogens with zero attached hydrogens (tertiary/aromatic N) is 1. The third kappa shape index (κ3) is 3.98. The van der Waals surface area contributed by atoms with Gasteiger partial charge in [-0.2, -0.15) is 0 Å². The van der Waals surface area contributed by atoms with E-state index in [-0.39, 0.29) is 13.2 Å². The molecule has 1 aromatic carbocycles. The number of nitro groups is 1. The largest absolute Gasteiger partial charge is 0.461 e. The molecule has 0 N–H and O–H groups in total. The van der Waals surface area contributed by atoms with Gasteiger partial charge in [0.1, 0.15) is 6.61 Å². The number of benzene rings is 1. The lowest BCUT2D eigenvalue weighted by Crippen LogP contribution is -2.08. The van der Waals surface area contributed by atoms with Gasteiger partial charge in [-0.3, -0.25) is 10.1 Å². The minimum Gasteiger partial charge on any atom is -0.461 e. The van der Waals surface area contributed by atoms with Gasteiger partial charge in [-0.15, -0.1) is 0 Å². The number of ether oxygens (including phenoxy) is 1. The van der Waals surface area contributed by atoms with Gasteiger partial charge in [0.15, 0.2) is 0 Å². The fraction of sp³-hybridized carbons (Fsp3) is 0.300. The summed E-state index contributed by atoms with van der Waals surface area (Å²) in [7, 11) is 0. The number of halogens is 1. The van der Waals surface area contributed by atoms with Gasteiger partial charge in [-0.05, 0) is 12.1 Å². The quantitative estimate of drug-likeness (QED) is 0.360. The topological polar surface area (TPSA) is 69.4 Å². The molecule has 0 unspecified atom stereocenters. The summed E-state index contributed by atoms with van der Waals surface area (Å²) in [5, 5.41) is 10.9. The third-order valence-corrected chi connectivity index (χ3v) is 2.11. The second kappa shape index (κ2) is 6.22. The molecule has 0 atom stereocenters. The average Bonchev–Trinajstić information content (AvgIpc) is 2.25. The zero-order valence-corrected chi connectivity index (χ0v) is 9.97. The molecule has 5 nitrogen and oxygen atoms in total. The predicted molar refractivity (Wildman–Crippen MR) is 61.2 cm³/mol. The van der Waals surface area contributed by atoms with Crippen LogP contribution in [0.1, 0.15) is 15.9 Å². The molecular weight excluding hydrogens is 278 g/mol. The number of carbonyl (C=O) groups is 1. The molecule has 16 heavy (non-hydrogen) atoms. The number of hydrogen-bond acceptors (Lipinski definition) is 4. The first kappa shape index (κ1) is 12.6. The Morgan fingerprint density at radius 3 is 2.88 bits per heavy atom. The van der Waals surface area contributed by atoms with Crippen molar-refractivity contribution >= 4 is 21.9 Å². The molecule has 0 saturated heterocycles. The second-order valence-corrected chi connectivity index (χ2v) is 3.81. The van der Waals surface area contributed by atoms with Crippen LogP contribution in [0.4, 0.5) is 0 Å². The Bertz CT molecular complexity index is 394. The molecule has 0 heterocycles. The summed E-state index contributed by atoms with van der Waals surface area (Å²) in [6.45, 7) is -0.0160. The van der Waals surface area contributed by atoms with Gasteiger partial charge in [0.05, 0.1) is 5.56 Å². The summed E-state index contributed by atoms with van der Waals surface area (Å²) >= 11 is 3.13. The number of rotatable bonds is 5. The summed E-state index contributed by atoms with van der Waals surface area (Å²) in [6, 6.07) is 6.24. The molecule has 0 amide bonds. The third-order valence-electron chi connectivity index (χ3n) is 1.78. The smallest absolute Gasteiger partial charge is 0.338 e. The van der Waals surface area contributed by atoms with Crippen molar-refractivity contribution in [3.63, 3.8) is 0 Å². The molecule has 0 radical (unpaired) electrons. The Labute approximate surface area is 101 Å². The summed E-state index contributed by atoms with van der Waals surface area (Å²) in [4.78, 5) is 21.3. The van der Waals surface area contributed by atoms with Crippen LogP contribution in [-0.2, 0) is 11.3 Å². The van der Waals surface area contributed by atoms with Crippen LogP contribution in [0.15, 0.2) is 24.3 Å². The molecule has 0 aliphatic carbocycles. The van der Waals surface area contributed by atoms with Crippen LogP contribution in [0.25, 0.3) is 0 Å². The number of alkyl halides is 1. The molecule has 0 saturated carbocycles. The minimum absolute atomic E-state index is 0.276. The standard InChI is InChI=1S/C10H10BrNO4/c11-4-5-16-10(13)9-3-1-2-8(6-9)7-12(14)15/h1-3,6H,4-5,7H2. The molecule has 6 heteroatoms. The van der Waals surface area contributed by atoms with Crippen molar-refractivity contribution in [3.8, 4) is 0 Å². The maximum absolute atomic E-state index is 11.4. The van der Waals surface area contributed by atoms with E-state index < -0.39 is 10.9 Å². The van der Waals surface area contributed by atoms with E-state index in [2.05, 4.69) is 15.9 Å². The Kier molecular flexibility index (Phi) is 4.91. The summed E-state index contributed by atoms with van der Waals surface area (Å²) in [5.74, 6) is -0.468. The highest BCUT2D eigenvalue weighted by atomic mass is 79.9. The first-order valence-corrected chi connectivity index (χ1v) is 5.69. The highest BCUT2D eigenvalue weighted by molar-refractivity contribution is 9.09. The fourth-order valence-corrected chi connectivity index (χ4v) is 1.32. The van der Waals surface area contributed by atoms with Crippen LogP contribution in [0.2, 0.25) is 0 Å². The molecule has 86 valence electrons. The second-order valence-electron chi connectivity index (χ2n) is 3.02. The number of carbonyl (C=O) groups excluding carboxylic acids is 1. The van der Waals surface area contributed by atoms with E-state index in [0.717, 1.165) is 0 Å². The van der Waals surface area contributed by atoms with Gasteiger partial charge in [0, 0.05) is 15.8 Å². The van der Waals surface area contributed by atoms with Crippen molar-refractivity contribution in [2.75, 3.05) is 11.9 Å². The first-order valence-electron chi connectivity index (χ1n) is 4.57. The minimum atomic E-state index is -0.468. The molecule has 0 spiro atoms. The van der Waals surface area contributed by atoms with E-state index in [0.29, 0.717) is 16.5 Å². The molecule has 0 bridgehead atoms. The highest BCUT2D eigenvalue weighted by Crippen LogP contribution is 2.08. The lowest BCUT2D eigenvalue weighted by Gasteiger charge is -2.03. The Morgan fingerprint density at radius 1 is 1.50 bits per heavy atom. The fourth-order valence-electron chi connectivity index (χ4n) is 1.16. The molecule has 1 rings (SSSR count). The molecule has 0 fully saturated rings. The van der Waals surface area contributed by atoms with Crippen LogP contribution in [0, 0.1) is 10.1 Å². The van der Waals surface area contributed by atoms with Gasteiger partial charge in [0.25, 0.3) is 0 Å². The van der Waals surface area contributed by atoms with Crippen LogP contribution in [0.3, 0.4) is 0 Å². The molecule has 0 aliphatic rings.